The molecule has 0 unspecified atom stereocenters. The van der Waals surface area contributed by atoms with Crippen molar-refractivity contribution in [1.82, 2.24) is 9.38 Å². The molecule has 0 aliphatic heterocycles. The molecule has 2 heteroatoms. The molecule has 0 spiro atoms. The van der Waals surface area contributed by atoms with E-state index >= 15 is 0 Å². The first-order valence-electron chi connectivity index (χ1n) is 6.65. The molecule has 0 saturated carbocycles. The van der Waals surface area contributed by atoms with Crippen LogP contribution in [0.3, 0.4) is 0 Å². The SMILES string of the molecule is CCc1ncn2c3ccccc3c3ccccc3c12. The Bertz CT molecular complexity index is 903. The van der Waals surface area contributed by atoms with Gasteiger partial charge in [-0.2, -0.15) is 0 Å². The number of hydrogen-bond donors (Lipinski definition) is 0. The van der Waals surface area contributed by atoms with Gasteiger partial charge in [0.15, 0.2) is 0 Å². The molecule has 4 rings (SSSR count). The minimum Gasteiger partial charge on any atom is -0.298 e. The first kappa shape index (κ1) is 10.6. The fourth-order valence-corrected chi connectivity index (χ4v) is 2.95. The normalized spacial score (nSPS) is 11.6. The fourth-order valence-electron chi connectivity index (χ4n) is 2.95. The van der Waals surface area contributed by atoms with Crippen molar-refractivity contribution in [3.63, 3.8) is 0 Å². The highest BCUT2D eigenvalue weighted by atomic mass is 15.0. The van der Waals surface area contributed by atoms with Crippen LogP contribution >= 0.6 is 0 Å². The number of pyridine rings is 1. The van der Waals surface area contributed by atoms with Crippen LogP contribution in [-0.4, -0.2) is 9.38 Å². The second-order valence-corrected chi connectivity index (χ2v) is 4.83. The molecule has 2 aromatic heterocycles. The van der Waals surface area contributed by atoms with E-state index in [0.717, 1.165) is 6.42 Å². The molecule has 0 saturated heterocycles. The summed E-state index contributed by atoms with van der Waals surface area (Å²) in [6.07, 6.45) is 2.90. The molecule has 4 aromatic rings. The summed E-state index contributed by atoms with van der Waals surface area (Å²) >= 11 is 0. The number of para-hydroxylation sites is 1. The fraction of sp³-hybridized carbons (Fsp3) is 0.118. The molecule has 2 aromatic carbocycles. The topological polar surface area (TPSA) is 17.3 Å². The number of aryl methyl sites for hydroxylation is 1. The first-order chi connectivity index (χ1) is 9.40. The Kier molecular flexibility index (Phi) is 2.12. The quantitative estimate of drug-likeness (QED) is 0.460. The van der Waals surface area contributed by atoms with Crippen LogP contribution in [0.4, 0.5) is 0 Å². The number of rotatable bonds is 1. The van der Waals surface area contributed by atoms with E-state index < -0.39 is 0 Å². The largest absolute Gasteiger partial charge is 0.298 e. The Balaban J connectivity index is 2.41. The number of imidazole rings is 1. The monoisotopic (exact) mass is 246 g/mol. The van der Waals surface area contributed by atoms with E-state index in [-0.39, 0.29) is 0 Å². The summed E-state index contributed by atoms with van der Waals surface area (Å²) in [5.74, 6) is 0. The van der Waals surface area contributed by atoms with Crippen molar-refractivity contribution in [3.05, 3.63) is 60.6 Å². The Morgan fingerprint density at radius 1 is 0.895 bits per heavy atom. The molecule has 0 atom stereocenters. The Hall–Kier alpha value is -2.35. The second kappa shape index (κ2) is 3.82. The number of aromatic nitrogens is 2. The van der Waals surface area contributed by atoms with Gasteiger partial charge in [0.1, 0.15) is 6.33 Å². The average Bonchev–Trinajstić information content (AvgIpc) is 2.92. The molecule has 2 heterocycles. The van der Waals surface area contributed by atoms with Crippen LogP contribution in [-0.2, 0) is 6.42 Å². The highest BCUT2D eigenvalue weighted by molar-refractivity contribution is 6.12. The van der Waals surface area contributed by atoms with Crippen LogP contribution in [0.2, 0.25) is 0 Å². The molecule has 0 radical (unpaired) electrons. The van der Waals surface area contributed by atoms with Crippen LogP contribution in [0, 0.1) is 0 Å². The van der Waals surface area contributed by atoms with Gasteiger partial charge < -0.3 is 0 Å². The number of benzene rings is 2. The maximum absolute atomic E-state index is 4.58. The van der Waals surface area contributed by atoms with Gasteiger partial charge in [-0.1, -0.05) is 49.4 Å². The van der Waals surface area contributed by atoms with Crippen molar-refractivity contribution in [2.24, 2.45) is 0 Å². The predicted octanol–water partition coefficient (Wildman–Crippen LogP) is 4.20. The van der Waals surface area contributed by atoms with E-state index in [2.05, 4.69) is 64.8 Å². The van der Waals surface area contributed by atoms with Crippen LogP contribution in [0.5, 0.6) is 0 Å². The predicted molar refractivity (Wildman–Crippen MR) is 79.6 cm³/mol. The zero-order valence-electron chi connectivity index (χ0n) is 10.8. The lowest BCUT2D eigenvalue weighted by Gasteiger charge is -2.09. The molecule has 0 N–H and O–H groups in total. The van der Waals surface area contributed by atoms with Crippen molar-refractivity contribution in [3.8, 4) is 0 Å². The van der Waals surface area contributed by atoms with Crippen LogP contribution < -0.4 is 0 Å². The van der Waals surface area contributed by atoms with E-state index in [1.165, 1.54) is 32.9 Å². The lowest BCUT2D eigenvalue weighted by molar-refractivity contribution is 1.07. The molecule has 92 valence electrons. The van der Waals surface area contributed by atoms with Crippen molar-refractivity contribution < 1.29 is 0 Å². The van der Waals surface area contributed by atoms with Crippen molar-refractivity contribution >= 4 is 27.2 Å². The van der Waals surface area contributed by atoms with E-state index in [1.807, 2.05) is 6.33 Å². The summed E-state index contributed by atoms with van der Waals surface area (Å²) in [5.41, 5.74) is 3.64. The summed E-state index contributed by atoms with van der Waals surface area (Å²) in [7, 11) is 0. The minimum absolute atomic E-state index is 0.957. The molecule has 0 fully saturated rings. The molecule has 0 aliphatic carbocycles. The van der Waals surface area contributed by atoms with E-state index in [1.54, 1.807) is 0 Å². The van der Waals surface area contributed by atoms with E-state index in [0.29, 0.717) is 0 Å². The lowest BCUT2D eigenvalue weighted by Crippen LogP contribution is -1.90. The summed E-state index contributed by atoms with van der Waals surface area (Å²) < 4.78 is 2.22. The van der Waals surface area contributed by atoms with Crippen LogP contribution in [0.25, 0.3) is 27.2 Å². The maximum Gasteiger partial charge on any atom is 0.100 e. The Morgan fingerprint density at radius 2 is 1.58 bits per heavy atom. The minimum atomic E-state index is 0.957. The Labute approximate surface area is 111 Å². The third-order valence-corrected chi connectivity index (χ3v) is 3.81. The lowest BCUT2D eigenvalue weighted by atomic mass is 10.0. The van der Waals surface area contributed by atoms with Gasteiger partial charge in [-0.15, -0.1) is 0 Å². The molecule has 19 heavy (non-hydrogen) atoms. The van der Waals surface area contributed by atoms with Gasteiger partial charge in [0, 0.05) is 10.8 Å². The molecular weight excluding hydrogens is 232 g/mol. The molecule has 0 aliphatic rings. The van der Waals surface area contributed by atoms with Gasteiger partial charge in [-0.05, 0) is 17.9 Å². The van der Waals surface area contributed by atoms with Gasteiger partial charge >= 0.3 is 0 Å². The summed E-state index contributed by atoms with van der Waals surface area (Å²) in [6, 6.07) is 17.1. The average molecular weight is 246 g/mol. The van der Waals surface area contributed by atoms with Gasteiger partial charge in [-0.3, -0.25) is 4.40 Å². The van der Waals surface area contributed by atoms with Gasteiger partial charge in [0.25, 0.3) is 0 Å². The van der Waals surface area contributed by atoms with E-state index in [4.69, 9.17) is 0 Å². The molecular formula is C17H14N2. The smallest absolute Gasteiger partial charge is 0.100 e. The van der Waals surface area contributed by atoms with Crippen LogP contribution in [0.15, 0.2) is 54.9 Å². The zero-order chi connectivity index (χ0) is 12.8. The van der Waals surface area contributed by atoms with E-state index in [9.17, 15) is 0 Å². The standard InChI is InChI=1S/C17H14N2/c1-2-15-17-14-9-4-3-7-12(14)13-8-5-6-10-16(13)19(17)11-18-15/h3-11H,2H2,1H3. The number of hydrogen-bond acceptors (Lipinski definition) is 1. The number of nitrogens with zero attached hydrogens (tertiary/aromatic N) is 2. The summed E-state index contributed by atoms with van der Waals surface area (Å²) in [5, 5.41) is 3.88. The summed E-state index contributed by atoms with van der Waals surface area (Å²) in [4.78, 5) is 4.58. The van der Waals surface area contributed by atoms with Gasteiger partial charge in [0.05, 0.1) is 16.7 Å². The molecule has 0 amide bonds. The molecule has 0 bridgehead atoms. The van der Waals surface area contributed by atoms with Crippen molar-refractivity contribution in [2.45, 2.75) is 13.3 Å². The zero-order valence-corrected chi connectivity index (χ0v) is 10.8. The van der Waals surface area contributed by atoms with Crippen LogP contribution in [0.1, 0.15) is 12.6 Å². The highest BCUT2D eigenvalue weighted by Crippen LogP contribution is 2.30. The Morgan fingerprint density at radius 3 is 2.37 bits per heavy atom. The third-order valence-electron chi connectivity index (χ3n) is 3.81. The molecule has 2 nitrogen and oxygen atoms in total. The van der Waals surface area contributed by atoms with Gasteiger partial charge in [0.2, 0.25) is 0 Å². The maximum atomic E-state index is 4.58. The number of fused-ring (bicyclic) bond motifs is 6. The summed E-state index contributed by atoms with van der Waals surface area (Å²) in [6.45, 7) is 2.16. The van der Waals surface area contributed by atoms with Gasteiger partial charge in [-0.25, -0.2) is 4.98 Å². The van der Waals surface area contributed by atoms with Crippen molar-refractivity contribution in [1.29, 1.82) is 0 Å². The first-order valence-corrected chi connectivity index (χ1v) is 6.65. The van der Waals surface area contributed by atoms with Crippen molar-refractivity contribution in [2.75, 3.05) is 0 Å². The third kappa shape index (κ3) is 1.34. The highest BCUT2D eigenvalue weighted by Gasteiger charge is 2.11. The second-order valence-electron chi connectivity index (χ2n) is 4.83.